The van der Waals surface area contributed by atoms with Crippen molar-refractivity contribution in [2.24, 2.45) is 0 Å². The van der Waals surface area contributed by atoms with Crippen LogP contribution in [0, 0.1) is 17.1 Å². The first-order chi connectivity index (χ1) is 24.5. The summed E-state index contributed by atoms with van der Waals surface area (Å²) in [6.07, 6.45) is 2.08. The van der Waals surface area contributed by atoms with E-state index in [1.807, 2.05) is 74.2 Å². The highest BCUT2D eigenvalue weighted by Crippen LogP contribution is 2.45. The number of pyridine rings is 1. The van der Waals surface area contributed by atoms with E-state index in [0.29, 0.717) is 47.8 Å². The van der Waals surface area contributed by atoms with Gasteiger partial charge in [-0.1, -0.05) is 24.3 Å². The number of methoxy groups -OCH3 is 1. The van der Waals surface area contributed by atoms with Crippen LogP contribution in [0.3, 0.4) is 0 Å². The van der Waals surface area contributed by atoms with Crippen molar-refractivity contribution >= 4 is 39.3 Å². The van der Waals surface area contributed by atoms with Crippen LogP contribution in [0.4, 0.5) is 20.8 Å². The highest BCUT2D eigenvalue weighted by atomic mass is 19.1. The van der Waals surface area contributed by atoms with Crippen LogP contribution in [0.2, 0.25) is 0 Å². The summed E-state index contributed by atoms with van der Waals surface area (Å²) < 4.78 is 34.6. The van der Waals surface area contributed by atoms with Gasteiger partial charge in [0.15, 0.2) is 6.79 Å². The second kappa shape index (κ2) is 13.8. The molecule has 2 unspecified atom stereocenters. The minimum Gasteiger partial charge on any atom is -0.468 e. The number of likely N-dealkylation sites (N-methyl/N-ethyl adjacent to an activating group) is 1. The summed E-state index contributed by atoms with van der Waals surface area (Å²) in [4.78, 5) is 27.0. The first-order valence-corrected chi connectivity index (χ1v) is 17.8. The Morgan fingerprint density at radius 1 is 1.02 bits per heavy atom. The zero-order valence-electron chi connectivity index (χ0n) is 30.4. The number of anilines is 2. The number of nitriles is 1. The fourth-order valence-electron chi connectivity index (χ4n) is 7.81. The largest absolute Gasteiger partial charge is 0.468 e. The molecule has 11 heteroatoms. The van der Waals surface area contributed by atoms with Gasteiger partial charge in [-0.2, -0.15) is 5.26 Å². The number of carbonyl (C=O) groups excluding carboxylic acids is 1. The van der Waals surface area contributed by atoms with Gasteiger partial charge in [-0.05, 0) is 100 Å². The molecule has 0 aliphatic carbocycles. The maximum atomic E-state index is 17.7. The quantitative estimate of drug-likeness (QED) is 0.172. The van der Waals surface area contributed by atoms with Crippen LogP contribution in [0.25, 0.3) is 32.7 Å². The van der Waals surface area contributed by atoms with Crippen molar-refractivity contribution in [1.29, 1.82) is 5.26 Å². The van der Waals surface area contributed by atoms with Crippen molar-refractivity contribution in [3.05, 3.63) is 59.9 Å². The number of hydrogen-bond acceptors (Lipinski definition) is 9. The Morgan fingerprint density at radius 2 is 1.75 bits per heavy atom. The molecule has 268 valence electrons. The Labute approximate surface area is 299 Å². The van der Waals surface area contributed by atoms with Gasteiger partial charge in [0.2, 0.25) is 0 Å². The van der Waals surface area contributed by atoms with E-state index in [9.17, 15) is 10.1 Å². The molecule has 4 aromatic rings. The molecule has 51 heavy (non-hydrogen) atoms. The van der Waals surface area contributed by atoms with Crippen LogP contribution in [0.15, 0.2) is 48.5 Å². The summed E-state index contributed by atoms with van der Waals surface area (Å²) >= 11 is 0. The zero-order valence-corrected chi connectivity index (χ0v) is 30.4. The van der Waals surface area contributed by atoms with Crippen molar-refractivity contribution in [1.82, 2.24) is 14.8 Å². The summed E-state index contributed by atoms with van der Waals surface area (Å²) in [5, 5.41) is 12.7. The average molecular weight is 695 g/mol. The monoisotopic (exact) mass is 694 g/mol. The van der Waals surface area contributed by atoms with Gasteiger partial charge in [-0.25, -0.2) is 14.2 Å². The lowest BCUT2D eigenvalue weighted by atomic mass is 9.89. The van der Waals surface area contributed by atoms with Crippen molar-refractivity contribution in [2.75, 3.05) is 64.0 Å². The highest BCUT2D eigenvalue weighted by molar-refractivity contribution is 6.04. The summed E-state index contributed by atoms with van der Waals surface area (Å²) in [5.74, 6) is 1.70. The van der Waals surface area contributed by atoms with Gasteiger partial charge in [0.1, 0.15) is 28.8 Å². The number of ether oxygens (including phenoxy) is 3. The van der Waals surface area contributed by atoms with Gasteiger partial charge in [-0.15, -0.1) is 0 Å². The third-order valence-electron chi connectivity index (χ3n) is 10.4. The Balaban J connectivity index is 1.40. The van der Waals surface area contributed by atoms with Gasteiger partial charge >= 0.3 is 6.09 Å². The summed E-state index contributed by atoms with van der Waals surface area (Å²) in [7, 11) is 5.72. The van der Waals surface area contributed by atoms with E-state index in [-0.39, 0.29) is 37.2 Å². The molecule has 3 fully saturated rings. The van der Waals surface area contributed by atoms with Crippen molar-refractivity contribution in [3.63, 3.8) is 0 Å². The zero-order chi connectivity index (χ0) is 36.0. The number of rotatable bonds is 9. The molecule has 0 spiro atoms. The maximum absolute atomic E-state index is 17.7. The van der Waals surface area contributed by atoms with E-state index < -0.39 is 5.60 Å². The van der Waals surface area contributed by atoms with E-state index in [0.717, 1.165) is 59.3 Å². The molecule has 2 bridgehead atoms. The molecule has 1 aromatic heterocycles. The normalized spacial score (nSPS) is 19.2. The van der Waals surface area contributed by atoms with Gasteiger partial charge < -0.3 is 33.8 Å². The lowest BCUT2D eigenvalue weighted by molar-refractivity contribution is 0.0209. The Morgan fingerprint density at radius 3 is 2.41 bits per heavy atom. The molecule has 0 saturated carbocycles. The Kier molecular flexibility index (Phi) is 9.42. The molecule has 1 amide bonds. The molecule has 10 nitrogen and oxygen atoms in total. The number of piperazine rings is 1. The molecule has 2 atom stereocenters. The number of aromatic nitrogens is 1. The van der Waals surface area contributed by atoms with E-state index in [1.54, 1.807) is 7.11 Å². The Bertz CT molecular complexity index is 1990. The van der Waals surface area contributed by atoms with Gasteiger partial charge in [0.25, 0.3) is 0 Å². The third-order valence-corrected chi connectivity index (χ3v) is 10.4. The second-order valence-electron chi connectivity index (χ2n) is 15.2. The first-order valence-electron chi connectivity index (χ1n) is 17.8. The van der Waals surface area contributed by atoms with E-state index in [2.05, 4.69) is 34.9 Å². The summed E-state index contributed by atoms with van der Waals surface area (Å²) in [5.41, 5.74) is 1.32. The first kappa shape index (κ1) is 34.8. The minimum atomic E-state index is -0.587. The van der Waals surface area contributed by atoms with E-state index >= 15 is 4.39 Å². The molecule has 3 aromatic carbocycles. The van der Waals surface area contributed by atoms with Gasteiger partial charge in [-0.3, -0.25) is 0 Å². The molecule has 3 aliphatic rings. The van der Waals surface area contributed by atoms with Gasteiger partial charge in [0, 0.05) is 74.2 Å². The van der Waals surface area contributed by atoms with Crippen molar-refractivity contribution in [2.45, 2.75) is 70.2 Å². The van der Waals surface area contributed by atoms with Gasteiger partial charge in [0.05, 0.1) is 6.07 Å². The van der Waals surface area contributed by atoms with Crippen molar-refractivity contribution < 1.29 is 23.4 Å². The number of carbonyl (C=O) groups is 1. The molecule has 0 N–H and O–H groups in total. The second-order valence-corrected chi connectivity index (χ2v) is 15.2. The van der Waals surface area contributed by atoms with Crippen molar-refractivity contribution in [3.8, 4) is 22.9 Å². The molecule has 0 radical (unpaired) electrons. The van der Waals surface area contributed by atoms with Crippen LogP contribution in [-0.2, 0) is 15.9 Å². The fourth-order valence-corrected chi connectivity index (χ4v) is 7.81. The molecule has 3 aliphatic heterocycles. The van der Waals surface area contributed by atoms with Crippen LogP contribution in [0.1, 0.15) is 45.6 Å². The SMILES string of the molecule is COCOc1cc(-c2c(CCC#N)cc3c(N4C5CCC4CN(C(=O)OC(C)(C)C)C5)nc(N4CC(N(C)C)C4)cc3c2F)c2ccccc2c1. The van der Waals surface area contributed by atoms with E-state index in [4.69, 9.17) is 19.2 Å². The number of aryl methyl sites for hydroxylation is 1. The number of benzene rings is 3. The van der Waals surface area contributed by atoms with Crippen LogP contribution < -0.4 is 14.5 Å². The highest BCUT2D eigenvalue weighted by Gasteiger charge is 2.44. The van der Waals surface area contributed by atoms with Crippen LogP contribution >= 0.6 is 0 Å². The Hall–Kier alpha value is -4.66. The molecular formula is C40H47FN6O4. The number of hydrogen-bond donors (Lipinski definition) is 0. The summed E-state index contributed by atoms with van der Waals surface area (Å²) in [6.45, 7) is 8.31. The predicted molar refractivity (Wildman–Crippen MR) is 198 cm³/mol. The molecule has 3 saturated heterocycles. The van der Waals surface area contributed by atoms with Crippen LogP contribution in [0.5, 0.6) is 5.75 Å². The standard InChI is InChI=1S/C40H47FN6O4/c1-40(2,3)51-39(48)46-20-27-13-14-28(21-46)47(27)38-34-17-26(11-9-15-42)36(32-18-30(50-24-49-6)16-25-10-7-8-12-31(25)32)37(41)33(34)19-35(43-38)45-22-29(23-45)44(4)5/h7-8,10,12,16-19,27-29H,9,11,13-14,20-24H2,1-6H3. The number of halogens is 1. The predicted octanol–water partition coefficient (Wildman–Crippen LogP) is 6.97. The van der Waals surface area contributed by atoms with Crippen LogP contribution in [-0.4, -0.2) is 98.8 Å². The lowest BCUT2D eigenvalue weighted by Gasteiger charge is -2.45. The summed E-state index contributed by atoms with van der Waals surface area (Å²) in [6, 6.07) is 18.3. The topological polar surface area (TPSA) is 94.4 Å². The average Bonchev–Trinajstić information content (AvgIpc) is 3.32. The lowest BCUT2D eigenvalue weighted by Crippen LogP contribution is -2.58. The fraction of sp³-hybridized carbons (Fsp3) is 0.475. The molecule has 4 heterocycles. The number of likely N-dealkylation sites (tertiary alicyclic amines) is 1. The number of amides is 1. The number of fused-ring (bicyclic) bond motifs is 4. The smallest absolute Gasteiger partial charge is 0.410 e. The molecule has 7 rings (SSSR count). The number of nitrogens with zero attached hydrogens (tertiary/aromatic N) is 6. The van der Waals surface area contributed by atoms with E-state index in [1.165, 1.54) is 0 Å². The maximum Gasteiger partial charge on any atom is 0.410 e. The molecular weight excluding hydrogens is 647 g/mol. The third kappa shape index (κ3) is 6.75. The minimum absolute atomic E-state index is 0.0111.